The molecule has 12 heteroatoms. The molecule has 0 radical (unpaired) electrons. The molecule has 2 aromatic rings. The molecule has 2 N–H and O–H groups in total. The first-order valence-electron chi connectivity index (χ1n) is 13.7. The summed E-state index contributed by atoms with van der Waals surface area (Å²) in [5, 5.41) is 19.2. The molecule has 3 saturated heterocycles. The van der Waals surface area contributed by atoms with Crippen LogP contribution in [0, 0.1) is 0 Å². The maximum Gasteiger partial charge on any atom is 0.414 e. The topological polar surface area (TPSA) is 120 Å². The van der Waals surface area contributed by atoms with Crippen molar-refractivity contribution in [3.05, 3.63) is 24.3 Å². The number of hydrogen-bond acceptors (Lipinski definition) is 8. The quantitative estimate of drug-likeness (QED) is 0.511. The zero-order valence-electron chi connectivity index (χ0n) is 22.5. The summed E-state index contributed by atoms with van der Waals surface area (Å²) in [6.45, 7) is 7.43. The molecule has 4 atom stereocenters. The number of piperazine rings is 1. The van der Waals surface area contributed by atoms with Gasteiger partial charge in [0, 0.05) is 63.4 Å². The van der Waals surface area contributed by atoms with Crippen LogP contribution in [0.25, 0.3) is 10.9 Å². The summed E-state index contributed by atoms with van der Waals surface area (Å²) in [7, 11) is -3.16. The third-order valence-corrected chi connectivity index (χ3v) is 9.46. The molecule has 0 aliphatic carbocycles. The number of aliphatic hydroxyl groups excluding tert-OH is 1. The lowest BCUT2D eigenvalue weighted by atomic mass is 9.97. The second kappa shape index (κ2) is 11.1. The molecule has 1 amide bonds. The van der Waals surface area contributed by atoms with Crippen LogP contribution in [0.3, 0.4) is 0 Å². The summed E-state index contributed by atoms with van der Waals surface area (Å²) in [5.74, 6) is 0.327. The summed E-state index contributed by atoms with van der Waals surface area (Å²) < 4.78 is 32.5. The van der Waals surface area contributed by atoms with E-state index in [9.17, 15) is 18.3 Å². The number of carbonyl (C=O) groups excluding carboxylic acids is 1. The number of fused-ring (bicyclic) bond motifs is 3. The fraction of sp³-hybridized carbons (Fsp3) is 0.692. The number of hydrogen-bond donors (Lipinski definition) is 2. The van der Waals surface area contributed by atoms with E-state index in [2.05, 4.69) is 20.2 Å². The summed E-state index contributed by atoms with van der Waals surface area (Å²) in [6.07, 6.45) is 4.03. The Morgan fingerprint density at radius 2 is 1.76 bits per heavy atom. The highest BCUT2D eigenvalue weighted by atomic mass is 32.2. The first kappa shape index (κ1) is 27.3. The van der Waals surface area contributed by atoms with Crippen LogP contribution in [0.5, 0.6) is 5.88 Å². The maximum absolute atomic E-state index is 12.8. The number of carbonyl (C=O) groups is 1. The second-order valence-corrected chi connectivity index (χ2v) is 13.2. The zero-order chi connectivity index (χ0) is 27.0. The summed E-state index contributed by atoms with van der Waals surface area (Å²) in [6, 6.07) is 8.56. The maximum atomic E-state index is 12.8. The Morgan fingerprint density at radius 3 is 2.39 bits per heavy atom. The van der Waals surface area contributed by atoms with E-state index in [0.29, 0.717) is 57.2 Å². The van der Waals surface area contributed by atoms with Crippen LogP contribution in [0.1, 0.15) is 45.6 Å². The van der Waals surface area contributed by atoms with Gasteiger partial charge in [-0.15, -0.1) is 5.10 Å². The minimum absolute atomic E-state index is 0.0240. The molecule has 4 heterocycles. The number of nitrogens with zero attached hydrogens (tertiary/aromatic N) is 5. The van der Waals surface area contributed by atoms with Crippen molar-refractivity contribution >= 4 is 27.0 Å². The van der Waals surface area contributed by atoms with Gasteiger partial charge >= 0.3 is 6.09 Å². The summed E-state index contributed by atoms with van der Waals surface area (Å²) in [5.41, 5.74) is 0.937. The van der Waals surface area contributed by atoms with Crippen LogP contribution in [0.2, 0.25) is 0 Å². The molecule has 0 saturated carbocycles. The monoisotopic (exact) mass is 548 g/mol. The Bertz CT molecular complexity index is 1230. The molecule has 3 aliphatic rings. The van der Waals surface area contributed by atoms with Gasteiger partial charge in [-0.3, -0.25) is 14.5 Å². The van der Waals surface area contributed by atoms with Crippen molar-refractivity contribution in [2.45, 2.75) is 69.8 Å². The van der Waals surface area contributed by atoms with Crippen molar-refractivity contribution in [3.63, 3.8) is 0 Å². The number of rotatable bonds is 8. The van der Waals surface area contributed by atoms with Gasteiger partial charge in [-0.1, -0.05) is 12.1 Å². The van der Waals surface area contributed by atoms with Crippen LogP contribution in [-0.4, -0.2) is 113 Å². The average molecular weight is 549 g/mol. The zero-order valence-corrected chi connectivity index (χ0v) is 23.3. The van der Waals surface area contributed by atoms with Gasteiger partial charge in [0.05, 0.1) is 23.3 Å². The fourth-order valence-electron chi connectivity index (χ4n) is 6.35. The predicted molar refractivity (Wildman–Crippen MR) is 145 cm³/mol. The van der Waals surface area contributed by atoms with E-state index in [1.165, 1.54) is 10.6 Å². The van der Waals surface area contributed by atoms with E-state index in [1.54, 1.807) is 0 Å². The van der Waals surface area contributed by atoms with Gasteiger partial charge in [-0.2, -0.15) is 4.31 Å². The molecule has 2 bridgehead atoms. The Labute approximate surface area is 224 Å². The number of aromatic nitrogens is 2. The van der Waals surface area contributed by atoms with Crippen LogP contribution in [0.15, 0.2) is 24.3 Å². The average Bonchev–Trinajstić information content (AvgIpc) is 3.32. The van der Waals surface area contributed by atoms with Crippen molar-refractivity contribution in [1.82, 2.24) is 29.2 Å². The third-order valence-electron chi connectivity index (χ3n) is 8.16. The van der Waals surface area contributed by atoms with Gasteiger partial charge in [0.25, 0.3) is 5.88 Å². The number of aliphatic hydroxyl groups is 1. The van der Waals surface area contributed by atoms with E-state index in [1.807, 2.05) is 42.8 Å². The molecular formula is C26H40N6O5S. The first-order valence-corrected chi connectivity index (χ1v) is 15.5. The van der Waals surface area contributed by atoms with Gasteiger partial charge in [-0.05, 0) is 51.7 Å². The molecule has 0 spiro atoms. The smallest absolute Gasteiger partial charge is 0.390 e. The number of benzene rings is 1. The van der Waals surface area contributed by atoms with Gasteiger partial charge in [-0.25, -0.2) is 13.2 Å². The molecule has 1 unspecified atom stereocenters. The highest BCUT2D eigenvalue weighted by Crippen LogP contribution is 2.36. The number of ether oxygens (including phenoxy) is 1. The number of nitrogens with one attached hydrogen (secondary N) is 1. The highest BCUT2D eigenvalue weighted by Gasteiger charge is 2.42. The summed E-state index contributed by atoms with van der Waals surface area (Å²) >= 11 is 0. The minimum atomic E-state index is -3.16. The van der Waals surface area contributed by atoms with E-state index >= 15 is 0 Å². The second-order valence-electron chi connectivity index (χ2n) is 11.3. The van der Waals surface area contributed by atoms with Crippen LogP contribution >= 0.6 is 0 Å². The van der Waals surface area contributed by atoms with Crippen LogP contribution < -0.4 is 10.1 Å². The van der Waals surface area contributed by atoms with E-state index < -0.39 is 22.2 Å². The molecule has 1 aromatic heterocycles. The lowest BCUT2D eigenvalue weighted by Crippen LogP contribution is -2.55. The molecular weight excluding hydrogens is 508 g/mol. The molecule has 5 rings (SSSR count). The Morgan fingerprint density at radius 1 is 1.11 bits per heavy atom. The van der Waals surface area contributed by atoms with Crippen molar-refractivity contribution in [2.75, 3.05) is 45.5 Å². The van der Waals surface area contributed by atoms with Crippen molar-refractivity contribution in [2.24, 2.45) is 0 Å². The SMILES string of the molecule is CC(C)n1nc(OC(=O)N[C@@H]2C[C@H]3CC[C@@H](C2)N3CC(O)CN2CCN(S(C)(=O)=O)CC2)c2ccccc21. The fourth-order valence-corrected chi connectivity index (χ4v) is 7.17. The third kappa shape index (κ3) is 5.99. The van der Waals surface area contributed by atoms with Crippen molar-refractivity contribution < 1.29 is 23.1 Å². The standard InChI is InChI=1S/C26H40N6O5S/c1-18(2)32-24-7-5-4-6-23(24)25(28-32)37-26(34)27-19-14-20-8-9-21(15-19)31(20)17-22(33)16-29-10-12-30(13-11-29)38(3,35)36/h4-7,18-22,33H,8-17H2,1-3H3,(H,27,34)/t19-,20-,21+,22?. The molecule has 3 fully saturated rings. The molecule has 1 aromatic carbocycles. The summed E-state index contributed by atoms with van der Waals surface area (Å²) in [4.78, 5) is 17.4. The number of amides is 1. The van der Waals surface area contributed by atoms with Crippen LogP contribution in [0.4, 0.5) is 4.79 Å². The normalized spacial score (nSPS) is 26.2. The Balaban J connectivity index is 1.11. The first-order chi connectivity index (χ1) is 18.1. The predicted octanol–water partition coefficient (Wildman–Crippen LogP) is 1.64. The molecule has 3 aliphatic heterocycles. The number of β-amino-alcohol motifs (C(OH)–C–C–N with tert-alkyl or cyclic N) is 1. The van der Waals surface area contributed by atoms with E-state index in [-0.39, 0.29) is 12.1 Å². The minimum Gasteiger partial charge on any atom is -0.390 e. The van der Waals surface area contributed by atoms with Crippen LogP contribution in [-0.2, 0) is 10.0 Å². The van der Waals surface area contributed by atoms with Gasteiger partial charge in [0.15, 0.2) is 0 Å². The highest BCUT2D eigenvalue weighted by molar-refractivity contribution is 7.88. The molecule has 11 nitrogen and oxygen atoms in total. The van der Waals surface area contributed by atoms with E-state index in [0.717, 1.165) is 36.6 Å². The molecule has 210 valence electrons. The molecule has 38 heavy (non-hydrogen) atoms. The largest absolute Gasteiger partial charge is 0.414 e. The number of sulfonamides is 1. The number of para-hydroxylation sites is 1. The van der Waals surface area contributed by atoms with E-state index in [4.69, 9.17) is 4.74 Å². The van der Waals surface area contributed by atoms with Crippen molar-refractivity contribution in [3.8, 4) is 5.88 Å². The Hall–Kier alpha value is -2.25. The lowest BCUT2D eigenvalue weighted by molar-refractivity contribution is 0.0282. The lowest BCUT2D eigenvalue weighted by Gasteiger charge is -2.41. The van der Waals surface area contributed by atoms with Gasteiger partial charge in [0.1, 0.15) is 0 Å². The van der Waals surface area contributed by atoms with Crippen molar-refractivity contribution in [1.29, 1.82) is 0 Å². The number of piperidine rings is 1. The Kier molecular flexibility index (Phi) is 7.97. The van der Waals surface area contributed by atoms with Gasteiger partial charge < -0.3 is 15.2 Å². The van der Waals surface area contributed by atoms with Gasteiger partial charge in [0.2, 0.25) is 10.0 Å².